The van der Waals surface area contributed by atoms with Crippen LogP contribution in [0.1, 0.15) is 11.8 Å². The van der Waals surface area contributed by atoms with Crippen molar-refractivity contribution < 1.29 is 9.50 Å². The first-order valence-electron chi connectivity index (χ1n) is 2.46. The molecule has 50 valence electrons. The zero-order valence-corrected chi connectivity index (χ0v) is 5.44. The van der Waals surface area contributed by atoms with E-state index in [0.29, 0.717) is 5.69 Å². The van der Waals surface area contributed by atoms with Gasteiger partial charge in [-0.1, -0.05) is 0 Å². The molecule has 0 saturated heterocycles. The molecular weight excluding hydrogens is 141 g/mol. The van der Waals surface area contributed by atoms with Crippen molar-refractivity contribution >= 4 is 11.3 Å². The van der Waals surface area contributed by atoms with E-state index < -0.39 is 12.8 Å². The summed E-state index contributed by atoms with van der Waals surface area (Å²) in [6.07, 6.45) is -1.03. The largest absolute Gasteiger partial charge is 0.384 e. The molecule has 1 N–H and O–H groups in total. The summed E-state index contributed by atoms with van der Waals surface area (Å²) in [7, 11) is 0. The fourth-order valence-corrected chi connectivity index (χ4v) is 1.07. The second-order valence-corrected chi connectivity index (χ2v) is 2.30. The molecule has 0 aromatic carbocycles. The molecule has 0 bridgehead atoms. The van der Waals surface area contributed by atoms with Gasteiger partial charge in [-0.25, -0.2) is 9.37 Å². The van der Waals surface area contributed by atoms with Gasteiger partial charge in [0.2, 0.25) is 0 Å². The second kappa shape index (κ2) is 2.89. The number of hydrogen-bond donors (Lipinski definition) is 1. The number of alkyl halides is 1. The number of aliphatic hydroxyl groups is 1. The molecule has 0 saturated carbocycles. The highest BCUT2D eigenvalue weighted by Crippen LogP contribution is 2.11. The molecule has 1 atom stereocenters. The zero-order valence-electron chi connectivity index (χ0n) is 4.62. The zero-order chi connectivity index (χ0) is 6.69. The van der Waals surface area contributed by atoms with E-state index >= 15 is 0 Å². The van der Waals surface area contributed by atoms with Crippen LogP contribution in [0.2, 0.25) is 0 Å². The minimum Gasteiger partial charge on any atom is -0.384 e. The summed E-state index contributed by atoms with van der Waals surface area (Å²) in [5.41, 5.74) is 1.98. The van der Waals surface area contributed by atoms with Crippen LogP contribution < -0.4 is 0 Å². The predicted octanol–water partition coefficient (Wildman–Crippen LogP) is 1.15. The van der Waals surface area contributed by atoms with Crippen LogP contribution in [-0.2, 0) is 0 Å². The molecule has 1 aromatic heterocycles. The van der Waals surface area contributed by atoms with Crippen LogP contribution in [-0.4, -0.2) is 16.8 Å². The summed E-state index contributed by atoms with van der Waals surface area (Å²) in [4.78, 5) is 3.72. The van der Waals surface area contributed by atoms with Crippen LogP contribution in [0.4, 0.5) is 4.39 Å². The first kappa shape index (κ1) is 6.64. The van der Waals surface area contributed by atoms with E-state index in [9.17, 15) is 4.39 Å². The van der Waals surface area contributed by atoms with Crippen molar-refractivity contribution in [1.82, 2.24) is 4.98 Å². The fraction of sp³-hybridized carbons (Fsp3) is 0.400. The third-order valence-corrected chi connectivity index (χ3v) is 1.54. The van der Waals surface area contributed by atoms with Gasteiger partial charge in [-0.3, -0.25) is 0 Å². The maximum absolute atomic E-state index is 11.7. The van der Waals surface area contributed by atoms with E-state index in [4.69, 9.17) is 5.11 Å². The molecule has 1 rings (SSSR count). The highest BCUT2D eigenvalue weighted by Gasteiger charge is 2.06. The molecule has 0 spiro atoms. The van der Waals surface area contributed by atoms with Gasteiger partial charge in [-0.2, -0.15) is 0 Å². The van der Waals surface area contributed by atoms with E-state index in [2.05, 4.69) is 4.98 Å². The summed E-state index contributed by atoms with van der Waals surface area (Å²) in [5, 5.41) is 10.4. The minimum absolute atomic E-state index is 0.419. The van der Waals surface area contributed by atoms with Crippen LogP contribution in [0.3, 0.4) is 0 Å². The Balaban J connectivity index is 2.65. The summed E-state index contributed by atoms with van der Waals surface area (Å²) in [6, 6.07) is 0. The van der Waals surface area contributed by atoms with Crippen LogP contribution in [0.25, 0.3) is 0 Å². The molecule has 0 aliphatic carbocycles. The average molecular weight is 147 g/mol. The third-order valence-electron chi connectivity index (χ3n) is 0.939. The molecule has 1 heterocycles. The molecule has 2 nitrogen and oxygen atoms in total. The number of aromatic nitrogens is 1. The number of nitrogens with zero attached hydrogens (tertiary/aromatic N) is 1. The van der Waals surface area contributed by atoms with Crippen molar-refractivity contribution in [3.63, 3.8) is 0 Å². The normalized spacial score (nSPS) is 13.6. The van der Waals surface area contributed by atoms with Crippen molar-refractivity contribution in [3.05, 3.63) is 16.6 Å². The van der Waals surface area contributed by atoms with Gasteiger partial charge in [0.1, 0.15) is 12.8 Å². The summed E-state index contributed by atoms with van der Waals surface area (Å²) >= 11 is 1.35. The SMILES string of the molecule is OC(CF)c1cscn1. The van der Waals surface area contributed by atoms with Crippen molar-refractivity contribution in [3.8, 4) is 0 Å². The predicted molar refractivity (Wildman–Crippen MR) is 33.0 cm³/mol. The van der Waals surface area contributed by atoms with E-state index in [1.807, 2.05) is 0 Å². The lowest BCUT2D eigenvalue weighted by atomic mass is 10.3. The summed E-state index contributed by atoms with van der Waals surface area (Å²) in [6.45, 7) is -0.760. The van der Waals surface area contributed by atoms with Gasteiger partial charge >= 0.3 is 0 Å². The Bertz CT molecular complexity index is 165. The lowest BCUT2D eigenvalue weighted by Crippen LogP contribution is -1.98. The highest BCUT2D eigenvalue weighted by atomic mass is 32.1. The van der Waals surface area contributed by atoms with E-state index in [-0.39, 0.29) is 0 Å². The highest BCUT2D eigenvalue weighted by molar-refractivity contribution is 7.07. The molecule has 0 fully saturated rings. The van der Waals surface area contributed by atoms with Crippen molar-refractivity contribution in [2.45, 2.75) is 6.10 Å². The van der Waals surface area contributed by atoms with Crippen molar-refractivity contribution in [1.29, 1.82) is 0 Å². The molecule has 1 unspecified atom stereocenters. The quantitative estimate of drug-likeness (QED) is 0.680. The second-order valence-electron chi connectivity index (χ2n) is 1.58. The average Bonchev–Trinajstić information content (AvgIpc) is 2.37. The number of halogens is 1. The van der Waals surface area contributed by atoms with Gasteiger partial charge in [-0.05, 0) is 0 Å². The van der Waals surface area contributed by atoms with Gasteiger partial charge in [0.05, 0.1) is 11.2 Å². The van der Waals surface area contributed by atoms with Gasteiger partial charge in [0, 0.05) is 5.38 Å². The van der Waals surface area contributed by atoms with Crippen LogP contribution in [0.15, 0.2) is 10.9 Å². The minimum atomic E-state index is -1.03. The standard InChI is InChI=1S/C5H6FNOS/c6-1-5(8)4-2-9-3-7-4/h2-3,5,8H,1H2. The van der Waals surface area contributed by atoms with Gasteiger partial charge in [0.15, 0.2) is 0 Å². The molecule has 1 aromatic rings. The topological polar surface area (TPSA) is 33.1 Å². The van der Waals surface area contributed by atoms with Gasteiger partial charge in [0.25, 0.3) is 0 Å². The maximum atomic E-state index is 11.7. The number of thiazole rings is 1. The van der Waals surface area contributed by atoms with Gasteiger partial charge < -0.3 is 5.11 Å². The van der Waals surface area contributed by atoms with E-state index in [0.717, 1.165) is 0 Å². The van der Waals surface area contributed by atoms with Crippen molar-refractivity contribution in [2.75, 3.05) is 6.67 Å². The molecule has 0 aliphatic heterocycles. The third kappa shape index (κ3) is 1.46. The van der Waals surface area contributed by atoms with Crippen molar-refractivity contribution in [2.24, 2.45) is 0 Å². The summed E-state index contributed by atoms with van der Waals surface area (Å²) < 4.78 is 11.7. The smallest absolute Gasteiger partial charge is 0.125 e. The van der Waals surface area contributed by atoms with Crippen LogP contribution in [0.5, 0.6) is 0 Å². The van der Waals surface area contributed by atoms with Gasteiger partial charge in [-0.15, -0.1) is 11.3 Å². The lowest BCUT2D eigenvalue weighted by molar-refractivity contribution is 0.138. The Kier molecular flexibility index (Phi) is 2.13. The first-order valence-corrected chi connectivity index (χ1v) is 3.41. The molecule has 4 heteroatoms. The Morgan fingerprint density at radius 3 is 3.11 bits per heavy atom. The number of aliphatic hydroxyl groups excluding tert-OH is 1. The fourth-order valence-electron chi connectivity index (χ4n) is 0.465. The first-order chi connectivity index (χ1) is 4.34. The van der Waals surface area contributed by atoms with Crippen LogP contribution >= 0.6 is 11.3 Å². The lowest BCUT2D eigenvalue weighted by Gasteiger charge is -1.97. The molecule has 9 heavy (non-hydrogen) atoms. The Labute approximate surface area is 56.0 Å². The Morgan fingerprint density at radius 2 is 2.67 bits per heavy atom. The van der Waals surface area contributed by atoms with Crippen LogP contribution in [0, 0.1) is 0 Å². The molecule has 0 amide bonds. The van der Waals surface area contributed by atoms with E-state index in [1.165, 1.54) is 11.3 Å². The maximum Gasteiger partial charge on any atom is 0.125 e. The molecule has 0 aliphatic rings. The Hall–Kier alpha value is -0.480. The Morgan fingerprint density at radius 1 is 1.89 bits per heavy atom. The number of hydrogen-bond acceptors (Lipinski definition) is 3. The number of rotatable bonds is 2. The molecule has 0 radical (unpaired) electrons. The molecular formula is C5H6FNOS. The van der Waals surface area contributed by atoms with E-state index in [1.54, 1.807) is 10.9 Å². The summed E-state index contributed by atoms with van der Waals surface area (Å²) in [5.74, 6) is 0. The monoisotopic (exact) mass is 147 g/mol.